The predicted molar refractivity (Wildman–Crippen MR) is 127 cm³/mol. The molecular formula is C22H24Cl2FN3O7. The number of fused-ring (bicyclic) bond motifs is 1. The summed E-state index contributed by atoms with van der Waals surface area (Å²) in [4.78, 5) is 8.34. The van der Waals surface area contributed by atoms with Crippen LogP contribution in [-0.2, 0) is 4.74 Å². The highest BCUT2D eigenvalue weighted by molar-refractivity contribution is 6.42. The fourth-order valence-electron chi connectivity index (χ4n) is 3.30. The SMILES string of the molecule is COc1cc2c(Nc3cc(Cl)c(Cl)cc3F)ncnc2cc1O[C@@H](CO)[C@@H](O)[C@H](O)[C@H](CO)OC. The number of anilines is 2. The van der Waals surface area contributed by atoms with Crippen molar-refractivity contribution in [2.75, 3.05) is 32.8 Å². The normalized spacial score (nSPS) is 14.9. The van der Waals surface area contributed by atoms with Crippen LogP contribution in [0.4, 0.5) is 15.9 Å². The summed E-state index contributed by atoms with van der Waals surface area (Å²) in [6.45, 7) is -1.23. The summed E-state index contributed by atoms with van der Waals surface area (Å²) in [6.07, 6.45) is -4.32. The first-order valence-corrected chi connectivity index (χ1v) is 11.0. The van der Waals surface area contributed by atoms with Gasteiger partial charge in [-0.1, -0.05) is 23.2 Å². The van der Waals surface area contributed by atoms with E-state index in [0.717, 1.165) is 6.07 Å². The molecule has 0 aliphatic heterocycles. The summed E-state index contributed by atoms with van der Waals surface area (Å²) in [5.41, 5.74) is 0.392. The Kier molecular flexibility index (Phi) is 9.25. The monoisotopic (exact) mass is 531 g/mol. The van der Waals surface area contributed by atoms with Crippen molar-refractivity contribution < 1.29 is 39.0 Å². The third-order valence-electron chi connectivity index (χ3n) is 5.24. The van der Waals surface area contributed by atoms with E-state index in [1.54, 1.807) is 0 Å². The number of nitrogens with one attached hydrogen (secondary N) is 1. The molecule has 0 bridgehead atoms. The highest BCUT2D eigenvalue weighted by atomic mass is 35.5. The lowest BCUT2D eigenvalue weighted by Gasteiger charge is -2.30. The summed E-state index contributed by atoms with van der Waals surface area (Å²) < 4.78 is 30.4. The Hall–Kier alpha value is -2.51. The number of ether oxygens (including phenoxy) is 3. The van der Waals surface area contributed by atoms with Gasteiger partial charge in [-0.3, -0.25) is 0 Å². The molecule has 0 fully saturated rings. The molecule has 3 aromatic rings. The maximum absolute atomic E-state index is 14.4. The van der Waals surface area contributed by atoms with Crippen LogP contribution in [0, 0.1) is 5.82 Å². The van der Waals surface area contributed by atoms with Crippen LogP contribution in [0.25, 0.3) is 10.9 Å². The zero-order chi connectivity index (χ0) is 25.7. The smallest absolute Gasteiger partial charge is 0.164 e. The first kappa shape index (κ1) is 27.1. The average Bonchev–Trinajstić information content (AvgIpc) is 2.85. The number of nitrogens with zero attached hydrogens (tertiary/aromatic N) is 2. The molecular weight excluding hydrogens is 508 g/mol. The number of hydrogen-bond donors (Lipinski definition) is 5. The number of halogens is 3. The highest BCUT2D eigenvalue weighted by Gasteiger charge is 2.34. The highest BCUT2D eigenvalue weighted by Crippen LogP contribution is 2.37. The van der Waals surface area contributed by atoms with Gasteiger partial charge in [0, 0.05) is 18.6 Å². The Morgan fingerprint density at radius 3 is 2.23 bits per heavy atom. The fraction of sp³-hybridized carbons (Fsp3) is 0.364. The molecule has 1 heterocycles. The number of aliphatic hydroxyl groups is 4. The van der Waals surface area contributed by atoms with Crippen molar-refractivity contribution in [3.63, 3.8) is 0 Å². The van der Waals surface area contributed by atoms with Crippen molar-refractivity contribution in [1.82, 2.24) is 9.97 Å². The van der Waals surface area contributed by atoms with Gasteiger partial charge in [0.05, 0.1) is 41.6 Å². The third kappa shape index (κ3) is 6.01. The Balaban J connectivity index is 1.95. The molecule has 4 atom stereocenters. The molecule has 0 amide bonds. The summed E-state index contributed by atoms with van der Waals surface area (Å²) in [5.74, 6) is -0.143. The van der Waals surface area contributed by atoms with Gasteiger partial charge in [0.1, 0.15) is 36.3 Å². The molecule has 0 aliphatic rings. The second-order valence-electron chi connectivity index (χ2n) is 7.39. The largest absolute Gasteiger partial charge is 0.493 e. The van der Waals surface area contributed by atoms with Gasteiger partial charge in [0.25, 0.3) is 0 Å². The van der Waals surface area contributed by atoms with Gasteiger partial charge in [-0.05, 0) is 18.2 Å². The molecule has 3 rings (SSSR count). The van der Waals surface area contributed by atoms with Crippen molar-refractivity contribution in [3.05, 3.63) is 46.5 Å². The molecule has 10 nitrogen and oxygen atoms in total. The minimum Gasteiger partial charge on any atom is -0.493 e. The fourth-order valence-corrected chi connectivity index (χ4v) is 3.62. The molecule has 5 N–H and O–H groups in total. The average molecular weight is 532 g/mol. The lowest BCUT2D eigenvalue weighted by molar-refractivity contribution is -0.127. The van der Waals surface area contributed by atoms with E-state index in [1.807, 2.05) is 0 Å². The lowest BCUT2D eigenvalue weighted by Crippen LogP contribution is -2.49. The van der Waals surface area contributed by atoms with E-state index in [1.165, 1.54) is 38.7 Å². The number of aliphatic hydroxyl groups excluding tert-OH is 4. The Morgan fingerprint density at radius 2 is 1.60 bits per heavy atom. The van der Waals surface area contributed by atoms with Crippen LogP contribution in [-0.4, -0.2) is 82.2 Å². The van der Waals surface area contributed by atoms with Crippen molar-refractivity contribution in [2.45, 2.75) is 24.4 Å². The van der Waals surface area contributed by atoms with E-state index in [9.17, 15) is 24.8 Å². The van der Waals surface area contributed by atoms with Crippen molar-refractivity contribution in [2.24, 2.45) is 0 Å². The van der Waals surface area contributed by atoms with Crippen LogP contribution in [0.2, 0.25) is 10.0 Å². The number of rotatable bonds is 11. The first-order chi connectivity index (χ1) is 16.7. The van der Waals surface area contributed by atoms with Crippen LogP contribution in [0.5, 0.6) is 11.5 Å². The van der Waals surface area contributed by atoms with E-state index < -0.39 is 43.4 Å². The number of hydrogen-bond acceptors (Lipinski definition) is 10. The van der Waals surface area contributed by atoms with Crippen LogP contribution in [0.15, 0.2) is 30.6 Å². The van der Waals surface area contributed by atoms with Crippen LogP contribution < -0.4 is 14.8 Å². The van der Waals surface area contributed by atoms with Crippen LogP contribution >= 0.6 is 23.2 Å². The molecule has 13 heteroatoms. The molecule has 190 valence electrons. The van der Waals surface area contributed by atoms with Gasteiger partial charge in [-0.25, -0.2) is 14.4 Å². The minimum absolute atomic E-state index is 0.0349. The number of benzene rings is 2. The zero-order valence-corrected chi connectivity index (χ0v) is 20.2. The van der Waals surface area contributed by atoms with Gasteiger partial charge >= 0.3 is 0 Å². The molecule has 35 heavy (non-hydrogen) atoms. The molecule has 0 radical (unpaired) electrons. The molecule has 0 spiro atoms. The topological polar surface area (TPSA) is 146 Å². The van der Waals surface area contributed by atoms with Gasteiger partial charge in [-0.2, -0.15) is 0 Å². The van der Waals surface area contributed by atoms with E-state index in [4.69, 9.17) is 37.4 Å². The Bertz CT molecular complexity index is 1170. The van der Waals surface area contributed by atoms with Crippen molar-refractivity contribution in [1.29, 1.82) is 0 Å². The van der Waals surface area contributed by atoms with Crippen LogP contribution in [0.3, 0.4) is 0 Å². The lowest BCUT2D eigenvalue weighted by atomic mass is 10.0. The standard InChI is InChI=1S/C22H24Cl2FN3O7/c1-33-16-3-10-14(6-17(16)35-19(8-30)21(32)20(31)18(7-29)34-2)26-9-27-22(10)28-15-5-12(24)11(23)4-13(15)25/h3-6,9,18-21,29-32H,7-8H2,1-2H3,(H,26,27,28)/t18-,19-,20+,21+/m0/s1. The van der Waals surface area contributed by atoms with Gasteiger partial charge < -0.3 is 40.0 Å². The minimum atomic E-state index is -1.61. The molecule has 0 saturated carbocycles. The van der Waals surface area contributed by atoms with E-state index in [0.29, 0.717) is 10.9 Å². The Morgan fingerprint density at radius 1 is 0.943 bits per heavy atom. The molecule has 1 aromatic heterocycles. The molecule has 0 saturated heterocycles. The van der Waals surface area contributed by atoms with E-state index >= 15 is 0 Å². The summed E-state index contributed by atoms with van der Waals surface area (Å²) in [7, 11) is 2.63. The number of methoxy groups -OCH3 is 2. The second-order valence-corrected chi connectivity index (χ2v) is 8.20. The third-order valence-corrected chi connectivity index (χ3v) is 5.96. The van der Waals surface area contributed by atoms with Gasteiger partial charge in [0.2, 0.25) is 0 Å². The van der Waals surface area contributed by atoms with Gasteiger partial charge in [0.15, 0.2) is 17.6 Å². The zero-order valence-electron chi connectivity index (χ0n) is 18.7. The first-order valence-electron chi connectivity index (χ1n) is 10.3. The maximum atomic E-state index is 14.4. The summed E-state index contributed by atoms with van der Waals surface area (Å²) in [6, 6.07) is 5.38. The van der Waals surface area contributed by atoms with Crippen molar-refractivity contribution in [3.8, 4) is 11.5 Å². The molecule has 0 aliphatic carbocycles. The quantitative estimate of drug-likeness (QED) is 0.233. The van der Waals surface area contributed by atoms with E-state index in [2.05, 4.69) is 15.3 Å². The number of aromatic nitrogens is 2. The van der Waals surface area contributed by atoms with Crippen LogP contribution in [0.1, 0.15) is 0 Å². The maximum Gasteiger partial charge on any atom is 0.164 e. The molecule has 0 unspecified atom stereocenters. The predicted octanol–water partition coefficient (Wildman–Crippen LogP) is 2.30. The molecule has 2 aromatic carbocycles. The summed E-state index contributed by atoms with van der Waals surface area (Å²) >= 11 is 11.8. The van der Waals surface area contributed by atoms with Crippen molar-refractivity contribution >= 4 is 45.6 Å². The van der Waals surface area contributed by atoms with Gasteiger partial charge in [-0.15, -0.1) is 0 Å². The van der Waals surface area contributed by atoms with E-state index in [-0.39, 0.29) is 33.0 Å². The Labute approximate surface area is 209 Å². The second kappa shape index (κ2) is 12.0. The summed E-state index contributed by atoms with van der Waals surface area (Å²) in [5, 5.41) is 43.3.